The molecule has 0 aliphatic heterocycles. The number of aromatic nitrogens is 4. The topological polar surface area (TPSA) is 43.1 Å². The van der Waals surface area contributed by atoms with Gasteiger partial charge >= 0.3 is 0 Å². The molecule has 0 saturated carbocycles. The fourth-order valence-corrected chi connectivity index (χ4v) is 4.66. The molecule has 0 atom stereocenters. The minimum absolute atomic E-state index is 0.517. The number of thiophene rings is 1. The summed E-state index contributed by atoms with van der Waals surface area (Å²) < 4.78 is 2.04. The standard InChI is InChI=1S/C20H22N4S/c1-5-14(6-2)16-10-12(3)23-24-18(13(4)22-19(16)24)17-11-15-8-7-9-21-20(15)25-17/h7-11,14H,5-6H2,1-4H3. The van der Waals surface area contributed by atoms with Crippen molar-refractivity contribution >= 4 is 27.2 Å². The molecule has 0 aliphatic rings. The molecule has 0 aromatic carbocycles. The molecule has 0 aliphatic carbocycles. The maximum Gasteiger partial charge on any atom is 0.158 e. The second kappa shape index (κ2) is 6.23. The molecule has 5 heteroatoms. The fraction of sp³-hybridized carbons (Fsp3) is 0.350. The molecule has 4 aromatic rings. The Morgan fingerprint density at radius 1 is 1.16 bits per heavy atom. The van der Waals surface area contributed by atoms with E-state index in [1.165, 1.54) is 15.8 Å². The van der Waals surface area contributed by atoms with Crippen LogP contribution in [-0.2, 0) is 0 Å². The SMILES string of the molecule is CCC(CC)c1cc(C)nn2c(-c3cc4cccnc4s3)c(C)nc12. The Labute approximate surface area is 151 Å². The van der Waals surface area contributed by atoms with Gasteiger partial charge in [0.2, 0.25) is 0 Å². The normalized spacial score (nSPS) is 11.9. The number of aryl methyl sites for hydroxylation is 2. The van der Waals surface area contributed by atoms with Gasteiger partial charge in [0.1, 0.15) is 10.5 Å². The molecule has 4 aromatic heterocycles. The molecule has 0 radical (unpaired) electrons. The molecule has 0 bridgehead atoms. The molecule has 0 saturated heterocycles. The van der Waals surface area contributed by atoms with Crippen LogP contribution in [0.1, 0.15) is 49.6 Å². The van der Waals surface area contributed by atoms with Crippen molar-refractivity contribution in [3.63, 3.8) is 0 Å². The lowest BCUT2D eigenvalue weighted by molar-refractivity contribution is 0.638. The second-order valence-electron chi connectivity index (χ2n) is 6.54. The summed E-state index contributed by atoms with van der Waals surface area (Å²) >= 11 is 1.70. The summed E-state index contributed by atoms with van der Waals surface area (Å²) in [5, 5.41) is 5.97. The number of hydrogen-bond donors (Lipinski definition) is 0. The van der Waals surface area contributed by atoms with Gasteiger partial charge in [-0.05, 0) is 50.8 Å². The molecule has 25 heavy (non-hydrogen) atoms. The van der Waals surface area contributed by atoms with E-state index < -0.39 is 0 Å². The van der Waals surface area contributed by atoms with Crippen molar-refractivity contribution in [2.75, 3.05) is 0 Å². The van der Waals surface area contributed by atoms with Crippen molar-refractivity contribution in [1.29, 1.82) is 0 Å². The minimum Gasteiger partial charge on any atom is -0.245 e. The average molecular weight is 350 g/mol. The first-order valence-electron chi connectivity index (χ1n) is 8.84. The summed E-state index contributed by atoms with van der Waals surface area (Å²) in [6.07, 6.45) is 4.07. The van der Waals surface area contributed by atoms with E-state index in [0.29, 0.717) is 5.92 Å². The van der Waals surface area contributed by atoms with Crippen molar-refractivity contribution in [2.24, 2.45) is 0 Å². The zero-order valence-corrected chi connectivity index (χ0v) is 15.9. The molecule has 0 N–H and O–H groups in total. The zero-order chi connectivity index (χ0) is 17.6. The van der Waals surface area contributed by atoms with Crippen LogP contribution in [0.2, 0.25) is 0 Å². The lowest BCUT2D eigenvalue weighted by atomic mass is 9.95. The number of hydrogen-bond acceptors (Lipinski definition) is 4. The monoisotopic (exact) mass is 350 g/mol. The first-order chi connectivity index (χ1) is 12.1. The summed E-state index contributed by atoms with van der Waals surface area (Å²) in [5.41, 5.74) is 5.46. The quantitative estimate of drug-likeness (QED) is 0.486. The summed E-state index contributed by atoms with van der Waals surface area (Å²) in [6, 6.07) is 8.49. The predicted octanol–water partition coefficient (Wildman–Crippen LogP) is 5.53. The van der Waals surface area contributed by atoms with Gasteiger partial charge in [0.25, 0.3) is 0 Å². The van der Waals surface area contributed by atoms with Gasteiger partial charge in [-0.1, -0.05) is 19.9 Å². The molecule has 4 nitrogen and oxygen atoms in total. The van der Waals surface area contributed by atoms with Crippen molar-refractivity contribution in [1.82, 2.24) is 19.6 Å². The Morgan fingerprint density at radius 2 is 1.96 bits per heavy atom. The zero-order valence-electron chi connectivity index (χ0n) is 15.1. The van der Waals surface area contributed by atoms with E-state index in [0.717, 1.165) is 40.4 Å². The van der Waals surface area contributed by atoms with Crippen molar-refractivity contribution in [3.8, 4) is 10.6 Å². The predicted molar refractivity (Wildman–Crippen MR) is 104 cm³/mol. The molecule has 0 unspecified atom stereocenters. The van der Waals surface area contributed by atoms with E-state index in [1.807, 2.05) is 16.8 Å². The maximum absolute atomic E-state index is 4.90. The van der Waals surface area contributed by atoms with Gasteiger partial charge in [0.15, 0.2) is 5.65 Å². The molecule has 4 heterocycles. The highest BCUT2D eigenvalue weighted by molar-refractivity contribution is 7.21. The van der Waals surface area contributed by atoms with Gasteiger partial charge < -0.3 is 0 Å². The van der Waals surface area contributed by atoms with Crippen LogP contribution < -0.4 is 0 Å². The Hall–Kier alpha value is -2.27. The van der Waals surface area contributed by atoms with Crippen LogP contribution in [-0.4, -0.2) is 19.6 Å². The molecule has 0 fully saturated rings. The largest absolute Gasteiger partial charge is 0.245 e. The van der Waals surface area contributed by atoms with Crippen LogP contribution >= 0.6 is 11.3 Å². The van der Waals surface area contributed by atoms with E-state index in [2.05, 4.69) is 50.9 Å². The third-order valence-corrected chi connectivity index (χ3v) is 5.93. The second-order valence-corrected chi connectivity index (χ2v) is 7.57. The average Bonchev–Trinajstić information content (AvgIpc) is 3.15. The Kier molecular flexibility index (Phi) is 4.04. The van der Waals surface area contributed by atoms with E-state index in [1.54, 1.807) is 11.3 Å². The third-order valence-electron chi connectivity index (χ3n) is 4.86. The number of pyridine rings is 1. The smallest absolute Gasteiger partial charge is 0.158 e. The van der Waals surface area contributed by atoms with Gasteiger partial charge in [0.05, 0.1) is 16.3 Å². The number of nitrogens with zero attached hydrogens (tertiary/aromatic N) is 4. The highest BCUT2D eigenvalue weighted by atomic mass is 32.1. The van der Waals surface area contributed by atoms with Gasteiger partial charge in [-0.25, -0.2) is 14.5 Å². The summed E-state index contributed by atoms with van der Waals surface area (Å²) in [7, 11) is 0. The summed E-state index contributed by atoms with van der Waals surface area (Å²) in [6.45, 7) is 8.63. The highest BCUT2D eigenvalue weighted by Crippen LogP contribution is 2.36. The van der Waals surface area contributed by atoms with E-state index in [-0.39, 0.29) is 0 Å². The van der Waals surface area contributed by atoms with Gasteiger partial charge in [-0.2, -0.15) is 5.10 Å². The first-order valence-corrected chi connectivity index (χ1v) is 9.65. The van der Waals surface area contributed by atoms with Gasteiger partial charge in [0, 0.05) is 17.1 Å². The molecule has 0 amide bonds. The van der Waals surface area contributed by atoms with Gasteiger partial charge in [-0.3, -0.25) is 0 Å². The first kappa shape index (κ1) is 16.2. The van der Waals surface area contributed by atoms with E-state index in [9.17, 15) is 0 Å². The van der Waals surface area contributed by atoms with Crippen LogP contribution in [0, 0.1) is 13.8 Å². The highest BCUT2D eigenvalue weighted by Gasteiger charge is 2.20. The van der Waals surface area contributed by atoms with E-state index in [4.69, 9.17) is 10.1 Å². The van der Waals surface area contributed by atoms with Crippen LogP contribution in [0.15, 0.2) is 30.5 Å². The molecular weight excluding hydrogens is 328 g/mol. The lowest BCUT2D eigenvalue weighted by Crippen LogP contribution is -2.04. The minimum atomic E-state index is 0.517. The molecular formula is C20H22N4S. The van der Waals surface area contributed by atoms with Crippen molar-refractivity contribution < 1.29 is 0 Å². The fourth-order valence-electron chi connectivity index (χ4n) is 3.58. The molecule has 4 rings (SSSR count). The molecule has 0 spiro atoms. The third kappa shape index (κ3) is 2.63. The van der Waals surface area contributed by atoms with Crippen molar-refractivity contribution in [3.05, 3.63) is 47.4 Å². The Bertz CT molecular complexity index is 1020. The van der Waals surface area contributed by atoms with Crippen LogP contribution in [0.25, 0.3) is 26.4 Å². The Morgan fingerprint density at radius 3 is 2.68 bits per heavy atom. The number of rotatable bonds is 4. The number of imidazole rings is 1. The lowest BCUT2D eigenvalue weighted by Gasteiger charge is -2.14. The maximum atomic E-state index is 4.90. The summed E-state index contributed by atoms with van der Waals surface area (Å²) in [5.74, 6) is 0.517. The summed E-state index contributed by atoms with van der Waals surface area (Å²) in [4.78, 5) is 11.6. The van der Waals surface area contributed by atoms with Gasteiger partial charge in [-0.15, -0.1) is 11.3 Å². The number of fused-ring (bicyclic) bond motifs is 2. The van der Waals surface area contributed by atoms with Crippen LogP contribution in [0.5, 0.6) is 0 Å². The van der Waals surface area contributed by atoms with E-state index >= 15 is 0 Å². The van der Waals surface area contributed by atoms with Crippen LogP contribution in [0.3, 0.4) is 0 Å². The Balaban J connectivity index is 2.00. The van der Waals surface area contributed by atoms with Crippen LogP contribution in [0.4, 0.5) is 0 Å². The molecule has 128 valence electrons. The van der Waals surface area contributed by atoms with Crippen molar-refractivity contribution in [2.45, 2.75) is 46.5 Å².